The molecule has 2 rings (SSSR count). The molecule has 2 heterocycles. The van der Waals surface area contributed by atoms with E-state index in [1.165, 1.54) is 96.3 Å². The average Bonchev–Trinajstić information content (AvgIpc) is 3.22. The molecule has 0 radical (unpaired) electrons. The molecule has 12 atom stereocenters. The second-order valence-corrected chi connectivity index (χ2v) is 16.2. The van der Waals surface area contributed by atoms with Gasteiger partial charge in [0.15, 0.2) is 12.6 Å². The van der Waals surface area contributed by atoms with Crippen molar-refractivity contribution in [3.05, 3.63) is 24.3 Å². The lowest BCUT2D eigenvalue weighted by Gasteiger charge is -2.46. The molecule has 0 spiro atoms. The first-order valence-corrected chi connectivity index (χ1v) is 22.6. The molecule has 1 amide bonds. The zero-order valence-electron chi connectivity index (χ0n) is 35.5. The van der Waals surface area contributed by atoms with Crippen molar-refractivity contribution >= 4 is 5.91 Å². The van der Waals surface area contributed by atoms with Crippen molar-refractivity contribution < 1.29 is 64.6 Å². The van der Waals surface area contributed by atoms with Gasteiger partial charge in [0.2, 0.25) is 5.91 Å². The molecule has 0 bridgehead atoms. The molecule has 2 saturated heterocycles. The van der Waals surface area contributed by atoms with E-state index in [1.807, 2.05) is 13.0 Å². The Morgan fingerprint density at radius 2 is 1.10 bits per heavy atom. The molecule has 0 aromatic carbocycles. The summed E-state index contributed by atoms with van der Waals surface area (Å²) in [4.78, 5) is 12.7. The molecule has 9 N–H and O–H groups in total. The summed E-state index contributed by atoms with van der Waals surface area (Å²) in [5.74, 6) is -0.275. The van der Waals surface area contributed by atoms with E-state index in [4.69, 9.17) is 18.9 Å². The zero-order valence-corrected chi connectivity index (χ0v) is 35.5. The highest BCUT2D eigenvalue weighted by Gasteiger charge is 2.50. The van der Waals surface area contributed by atoms with Gasteiger partial charge in [0.25, 0.3) is 0 Å². The monoisotopic (exact) mass is 832 g/mol. The van der Waals surface area contributed by atoms with E-state index in [1.54, 1.807) is 6.08 Å². The Morgan fingerprint density at radius 1 is 0.603 bits per heavy atom. The maximum Gasteiger partial charge on any atom is 0.220 e. The van der Waals surface area contributed by atoms with E-state index >= 15 is 0 Å². The van der Waals surface area contributed by atoms with Gasteiger partial charge in [-0.1, -0.05) is 141 Å². The standard InChI is InChI=1S/C44H81NO13/c1-3-5-7-8-9-10-11-12-13-14-15-16-17-18-19-20-21-22-23-24-26-27-33(48)32(45-36(49)28-25-6-4-2)31-55-43-41(54)39(52)42(35(30-47)57-43)58-44-40(53)38(51)37(50)34(29-46)56-44/h21-22,26-27,32-35,37-44,46-48,50-54H,3-20,23-25,28-31H2,1-2H3,(H,45,49)/b22-21+,27-26+. The number of rotatable bonds is 33. The second kappa shape index (κ2) is 32.2. The van der Waals surface area contributed by atoms with Gasteiger partial charge in [0.1, 0.15) is 48.8 Å². The summed E-state index contributed by atoms with van der Waals surface area (Å²) < 4.78 is 22.4. The number of unbranched alkanes of at least 4 members (excludes halogenated alkanes) is 18. The maximum absolute atomic E-state index is 12.7. The van der Waals surface area contributed by atoms with E-state index in [2.05, 4.69) is 24.4 Å². The van der Waals surface area contributed by atoms with Gasteiger partial charge in [-0.05, 0) is 32.1 Å². The first-order valence-electron chi connectivity index (χ1n) is 22.6. The van der Waals surface area contributed by atoms with Gasteiger partial charge in [-0.25, -0.2) is 0 Å². The number of amides is 1. The van der Waals surface area contributed by atoms with E-state index in [-0.39, 0.29) is 18.9 Å². The Balaban J connectivity index is 1.76. The van der Waals surface area contributed by atoms with Crippen molar-refractivity contribution in [3.8, 4) is 0 Å². The van der Waals surface area contributed by atoms with Crippen LogP contribution in [-0.2, 0) is 23.7 Å². The summed E-state index contributed by atoms with van der Waals surface area (Å²) in [6.45, 7) is 2.56. The molecular weight excluding hydrogens is 750 g/mol. The van der Waals surface area contributed by atoms with Gasteiger partial charge in [-0.3, -0.25) is 4.79 Å². The van der Waals surface area contributed by atoms with Gasteiger partial charge in [0, 0.05) is 6.42 Å². The number of hydrogen-bond donors (Lipinski definition) is 9. The van der Waals surface area contributed by atoms with Crippen LogP contribution >= 0.6 is 0 Å². The van der Waals surface area contributed by atoms with Gasteiger partial charge in [0.05, 0.1) is 32.0 Å². The van der Waals surface area contributed by atoms with E-state index < -0.39 is 86.8 Å². The number of carbonyl (C=O) groups excluding carboxylic acids is 1. The quantitative estimate of drug-likeness (QED) is 0.0334. The molecule has 0 aromatic heterocycles. The predicted molar refractivity (Wildman–Crippen MR) is 221 cm³/mol. The highest BCUT2D eigenvalue weighted by Crippen LogP contribution is 2.30. The molecule has 58 heavy (non-hydrogen) atoms. The third-order valence-corrected chi connectivity index (χ3v) is 11.1. The molecule has 14 nitrogen and oxygen atoms in total. The molecular formula is C44H81NO13. The second-order valence-electron chi connectivity index (χ2n) is 16.2. The highest BCUT2D eigenvalue weighted by molar-refractivity contribution is 5.76. The molecule has 2 fully saturated rings. The largest absolute Gasteiger partial charge is 0.394 e. The van der Waals surface area contributed by atoms with E-state index in [9.17, 15) is 45.6 Å². The number of ether oxygens (including phenoxy) is 4. The van der Waals surface area contributed by atoms with E-state index in [0.29, 0.717) is 12.8 Å². The lowest BCUT2D eigenvalue weighted by Crippen LogP contribution is -2.65. The van der Waals surface area contributed by atoms with Gasteiger partial charge < -0.3 is 65.1 Å². The van der Waals surface area contributed by atoms with Crippen molar-refractivity contribution in [2.75, 3.05) is 19.8 Å². The molecule has 0 saturated carbocycles. The van der Waals surface area contributed by atoms with Gasteiger partial charge in [-0.15, -0.1) is 0 Å². The van der Waals surface area contributed by atoms with Crippen molar-refractivity contribution in [3.63, 3.8) is 0 Å². The Bertz CT molecular complexity index is 1080. The first-order chi connectivity index (χ1) is 28.1. The molecule has 0 aliphatic carbocycles. The van der Waals surface area contributed by atoms with Crippen LogP contribution in [0, 0.1) is 0 Å². The number of carbonyl (C=O) groups is 1. The SMILES string of the molecule is CCCCCCCCCCCCCCCCC/C=C/CC/C=C/C(O)C(COC1OC(CO)C(OC2OC(CO)C(O)C(O)C2O)C(O)C1O)NC(=O)CCCCC. The fraction of sp³-hybridized carbons (Fsp3) is 0.886. The minimum Gasteiger partial charge on any atom is -0.394 e. The van der Waals surface area contributed by atoms with Crippen LogP contribution in [0.1, 0.15) is 155 Å². The summed E-state index contributed by atoms with van der Waals surface area (Å²) >= 11 is 0. The topological polar surface area (TPSA) is 228 Å². The Morgan fingerprint density at radius 3 is 1.69 bits per heavy atom. The third-order valence-electron chi connectivity index (χ3n) is 11.1. The smallest absolute Gasteiger partial charge is 0.220 e. The van der Waals surface area contributed by atoms with Crippen LogP contribution in [0.2, 0.25) is 0 Å². The van der Waals surface area contributed by atoms with Crippen LogP contribution in [0.4, 0.5) is 0 Å². The molecule has 14 heteroatoms. The minimum atomic E-state index is -1.79. The summed E-state index contributed by atoms with van der Waals surface area (Å²) in [5.41, 5.74) is 0. The number of aliphatic hydroxyl groups is 8. The van der Waals surface area contributed by atoms with Crippen LogP contribution in [-0.4, -0.2) is 140 Å². The summed E-state index contributed by atoms with van der Waals surface area (Å²) in [6.07, 6.45) is 16.3. The highest BCUT2D eigenvalue weighted by atomic mass is 16.7. The molecule has 12 unspecified atom stereocenters. The lowest BCUT2D eigenvalue weighted by atomic mass is 9.97. The van der Waals surface area contributed by atoms with Gasteiger partial charge >= 0.3 is 0 Å². The van der Waals surface area contributed by atoms with Crippen molar-refractivity contribution in [2.24, 2.45) is 0 Å². The fourth-order valence-electron chi connectivity index (χ4n) is 7.36. The van der Waals surface area contributed by atoms with Crippen molar-refractivity contribution in [2.45, 2.75) is 229 Å². The Labute approximate surface area is 348 Å². The van der Waals surface area contributed by atoms with Crippen LogP contribution < -0.4 is 5.32 Å². The Kier molecular flexibility index (Phi) is 29.2. The lowest BCUT2D eigenvalue weighted by molar-refractivity contribution is -0.359. The normalized spacial score (nSPS) is 29.0. The minimum absolute atomic E-state index is 0.260. The molecule has 2 aliphatic heterocycles. The number of hydrogen-bond acceptors (Lipinski definition) is 13. The average molecular weight is 832 g/mol. The van der Waals surface area contributed by atoms with Gasteiger partial charge in [-0.2, -0.15) is 0 Å². The molecule has 0 aromatic rings. The van der Waals surface area contributed by atoms with E-state index in [0.717, 1.165) is 25.7 Å². The van der Waals surface area contributed by atoms with Crippen molar-refractivity contribution in [1.82, 2.24) is 5.32 Å². The number of allylic oxidation sites excluding steroid dienone is 3. The summed E-state index contributed by atoms with van der Waals surface area (Å²) in [7, 11) is 0. The molecule has 2 aliphatic rings. The van der Waals surface area contributed by atoms with Crippen LogP contribution in [0.25, 0.3) is 0 Å². The first kappa shape index (κ1) is 52.6. The number of aliphatic hydroxyl groups excluding tert-OH is 8. The predicted octanol–water partition coefficient (Wildman–Crippen LogP) is 4.21. The molecule has 340 valence electrons. The Hall–Kier alpha value is -1.53. The van der Waals surface area contributed by atoms with Crippen LogP contribution in [0.15, 0.2) is 24.3 Å². The zero-order chi connectivity index (χ0) is 42.5. The number of nitrogens with one attached hydrogen (secondary N) is 1. The van der Waals surface area contributed by atoms with Crippen LogP contribution in [0.5, 0.6) is 0 Å². The third kappa shape index (κ3) is 20.4. The summed E-state index contributed by atoms with van der Waals surface area (Å²) in [6, 6.07) is -0.922. The maximum atomic E-state index is 12.7. The van der Waals surface area contributed by atoms with Crippen molar-refractivity contribution in [1.29, 1.82) is 0 Å². The van der Waals surface area contributed by atoms with Crippen LogP contribution in [0.3, 0.4) is 0 Å². The fourth-order valence-corrected chi connectivity index (χ4v) is 7.36. The summed E-state index contributed by atoms with van der Waals surface area (Å²) in [5, 5.41) is 85.8.